The van der Waals surface area contributed by atoms with Gasteiger partial charge in [-0.15, -0.1) is 0 Å². The van der Waals surface area contributed by atoms with Crippen LogP contribution in [0.15, 0.2) is 36.4 Å². The molecule has 1 aromatic rings. The molecule has 1 heteroatoms. The van der Waals surface area contributed by atoms with Gasteiger partial charge >= 0.3 is 0 Å². The molecule has 0 aliphatic rings. The van der Waals surface area contributed by atoms with E-state index < -0.39 is 0 Å². The third-order valence-corrected chi connectivity index (χ3v) is 4.96. The molecule has 0 heterocycles. The highest BCUT2D eigenvalue weighted by Gasteiger charge is 2.18. The quantitative estimate of drug-likeness (QED) is 0.274. The first-order valence-electron chi connectivity index (χ1n) is 9.48. The minimum atomic E-state index is 0.178. The Morgan fingerprint density at radius 3 is 2.16 bits per heavy atom. The van der Waals surface area contributed by atoms with Gasteiger partial charge in [0.2, 0.25) is 0 Å². The maximum atomic E-state index is 11.5. The molecule has 0 aliphatic heterocycles. The van der Waals surface area contributed by atoms with Crippen LogP contribution in [-0.2, 0) is 16.6 Å². The van der Waals surface area contributed by atoms with E-state index in [1.807, 2.05) is 0 Å². The minimum Gasteiger partial charge on any atom is -0.295 e. The van der Waals surface area contributed by atoms with Gasteiger partial charge < -0.3 is 0 Å². The lowest BCUT2D eigenvalue weighted by molar-refractivity contribution is -0.115. The van der Waals surface area contributed by atoms with Crippen molar-refractivity contribution in [3.05, 3.63) is 58.7 Å². The van der Waals surface area contributed by atoms with Crippen molar-refractivity contribution in [1.29, 1.82) is 0 Å². The van der Waals surface area contributed by atoms with Crippen molar-refractivity contribution in [2.24, 2.45) is 0 Å². The van der Waals surface area contributed by atoms with Crippen LogP contribution in [0.2, 0.25) is 0 Å². The van der Waals surface area contributed by atoms with Crippen molar-refractivity contribution < 1.29 is 4.79 Å². The zero-order valence-corrected chi connectivity index (χ0v) is 17.2. The minimum absolute atomic E-state index is 0.178. The lowest BCUT2D eigenvalue weighted by atomic mass is 9.81. The standard InChI is InChI=1S/C24H36O/c1-17(2)23(25)12-10-9-11-18(3)13-14-21-15-19(4)20(5)22(16-21)24(6,7)8/h15-16H,1,3,9-14H2,2,4-8H3. The van der Waals surface area contributed by atoms with E-state index in [1.54, 1.807) is 6.92 Å². The molecule has 0 aliphatic carbocycles. The predicted octanol–water partition coefficient (Wildman–Crippen LogP) is 6.80. The van der Waals surface area contributed by atoms with Gasteiger partial charge in [-0.25, -0.2) is 0 Å². The predicted molar refractivity (Wildman–Crippen MR) is 110 cm³/mol. The molecule has 138 valence electrons. The second kappa shape index (κ2) is 9.17. The van der Waals surface area contributed by atoms with Crippen molar-refractivity contribution in [2.75, 3.05) is 0 Å². The smallest absolute Gasteiger partial charge is 0.157 e. The van der Waals surface area contributed by atoms with Crippen LogP contribution in [0, 0.1) is 13.8 Å². The maximum Gasteiger partial charge on any atom is 0.157 e. The molecule has 0 saturated carbocycles. The molecule has 0 aromatic heterocycles. The van der Waals surface area contributed by atoms with Gasteiger partial charge in [0.05, 0.1) is 0 Å². The zero-order valence-electron chi connectivity index (χ0n) is 17.2. The van der Waals surface area contributed by atoms with Crippen molar-refractivity contribution >= 4 is 5.78 Å². The van der Waals surface area contributed by atoms with Crippen LogP contribution in [0.25, 0.3) is 0 Å². The summed E-state index contributed by atoms with van der Waals surface area (Å²) in [5.41, 5.74) is 7.79. The Bertz CT molecular complexity index is 641. The summed E-state index contributed by atoms with van der Waals surface area (Å²) in [5.74, 6) is 0.190. The summed E-state index contributed by atoms with van der Waals surface area (Å²) in [4.78, 5) is 11.5. The highest BCUT2D eigenvalue weighted by atomic mass is 16.1. The Labute approximate surface area is 155 Å². The Balaban J connectivity index is 2.53. The maximum absolute atomic E-state index is 11.5. The van der Waals surface area contributed by atoms with Gasteiger partial charge in [-0.2, -0.15) is 0 Å². The van der Waals surface area contributed by atoms with Crippen LogP contribution in [0.5, 0.6) is 0 Å². The van der Waals surface area contributed by atoms with Crippen LogP contribution >= 0.6 is 0 Å². The lowest BCUT2D eigenvalue weighted by Gasteiger charge is -2.24. The van der Waals surface area contributed by atoms with E-state index >= 15 is 0 Å². The Kier molecular flexibility index (Phi) is 7.86. The first-order chi connectivity index (χ1) is 11.5. The van der Waals surface area contributed by atoms with Gasteiger partial charge in [0.1, 0.15) is 0 Å². The fraction of sp³-hybridized carbons (Fsp3) is 0.542. The van der Waals surface area contributed by atoms with E-state index in [4.69, 9.17) is 0 Å². The molecule has 1 rings (SSSR count). The number of Topliss-reactive ketones (excluding diaryl/α,β-unsaturated/α-hetero) is 1. The molecule has 0 unspecified atom stereocenters. The fourth-order valence-corrected chi connectivity index (χ4v) is 3.18. The van der Waals surface area contributed by atoms with Gasteiger partial charge in [0, 0.05) is 6.42 Å². The molecule has 0 atom stereocenters. The van der Waals surface area contributed by atoms with E-state index in [2.05, 4.69) is 59.9 Å². The number of carbonyl (C=O) groups is 1. The van der Waals surface area contributed by atoms with Gasteiger partial charge in [-0.1, -0.05) is 51.6 Å². The number of rotatable bonds is 9. The number of allylic oxidation sites excluding steroid dienone is 2. The molecule has 0 fully saturated rings. The van der Waals surface area contributed by atoms with Crippen LogP contribution in [0.3, 0.4) is 0 Å². The van der Waals surface area contributed by atoms with Gasteiger partial charge in [0.15, 0.2) is 5.78 Å². The molecule has 0 radical (unpaired) electrons. The second-order valence-corrected chi connectivity index (χ2v) is 8.50. The van der Waals surface area contributed by atoms with Crippen molar-refractivity contribution in [1.82, 2.24) is 0 Å². The summed E-state index contributed by atoms with van der Waals surface area (Å²) in [6, 6.07) is 4.70. The molecule has 1 nitrogen and oxygen atoms in total. The summed E-state index contributed by atoms with van der Waals surface area (Å²) >= 11 is 0. The van der Waals surface area contributed by atoms with E-state index in [1.165, 1.54) is 27.8 Å². The number of carbonyl (C=O) groups excluding carboxylic acids is 1. The van der Waals surface area contributed by atoms with E-state index in [-0.39, 0.29) is 11.2 Å². The highest BCUT2D eigenvalue weighted by molar-refractivity contribution is 5.93. The Morgan fingerprint density at radius 2 is 1.60 bits per heavy atom. The Morgan fingerprint density at radius 1 is 1.00 bits per heavy atom. The number of benzene rings is 1. The summed E-state index contributed by atoms with van der Waals surface area (Å²) in [6.45, 7) is 21.0. The lowest BCUT2D eigenvalue weighted by Crippen LogP contribution is -2.14. The average Bonchev–Trinajstić information content (AvgIpc) is 2.50. The molecular weight excluding hydrogens is 304 g/mol. The fourth-order valence-electron chi connectivity index (χ4n) is 3.18. The molecule has 25 heavy (non-hydrogen) atoms. The molecular formula is C24H36O. The summed E-state index contributed by atoms with van der Waals surface area (Å²) in [5, 5.41) is 0. The molecule has 1 aromatic carbocycles. The number of aryl methyl sites for hydroxylation is 2. The summed E-state index contributed by atoms with van der Waals surface area (Å²) < 4.78 is 0. The topological polar surface area (TPSA) is 17.1 Å². The molecule has 0 saturated heterocycles. The van der Waals surface area contributed by atoms with Gasteiger partial charge in [0.25, 0.3) is 0 Å². The molecule has 0 spiro atoms. The van der Waals surface area contributed by atoms with Crippen LogP contribution < -0.4 is 0 Å². The van der Waals surface area contributed by atoms with Gasteiger partial charge in [-0.05, 0) is 86.1 Å². The summed E-state index contributed by atoms with van der Waals surface area (Å²) in [7, 11) is 0. The van der Waals surface area contributed by atoms with E-state index in [0.29, 0.717) is 12.0 Å². The van der Waals surface area contributed by atoms with Crippen LogP contribution in [0.4, 0.5) is 0 Å². The molecule has 0 bridgehead atoms. The van der Waals surface area contributed by atoms with Crippen molar-refractivity contribution in [2.45, 2.75) is 85.5 Å². The monoisotopic (exact) mass is 340 g/mol. The third kappa shape index (κ3) is 7.02. The van der Waals surface area contributed by atoms with Crippen LogP contribution in [0.1, 0.15) is 82.1 Å². The second-order valence-electron chi connectivity index (χ2n) is 8.50. The third-order valence-electron chi connectivity index (χ3n) is 4.96. The average molecular weight is 341 g/mol. The Hall–Kier alpha value is -1.63. The summed E-state index contributed by atoms with van der Waals surface area (Å²) in [6.07, 6.45) is 5.68. The number of unbranched alkanes of at least 4 members (excludes halogenated alkanes) is 1. The molecule has 0 N–H and O–H groups in total. The van der Waals surface area contributed by atoms with Gasteiger partial charge in [-0.3, -0.25) is 4.79 Å². The highest BCUT2D eigenvalue weighted by Crippen LogP contribution is 2.29. The number of hydrogen-bond acceptors (Lipinski definition) is 1. The van der Waals surface area contributed by atoms with E-state index in [9.17, 15) is 4.79 Å². The largest absolute Gasteiger partial charge is 0.295 e. The zero-order chi connectivity index (χ0) is 19.2. The normalized spacial score (nSPS) is 11.4. The number of hydrogen-bond donors (Lipinski definition) is 0. The van der Waals surface area contributed by atoms with Crippen molar-refractivity contribution in [3.8, 4) is 0 Å². The molecule has 0 amide bonds. The van der Waals surface area contributed by atoms with Crippen molar-refractivity contribution in [3.63, 3.8) is 0 Å². The van der Waals surface area contributed by atoms with Crippen LogP contribution in [-0.4, -0.2) is 5.78 Å². The first kappa shape index (κ1) is 21.4. The SMILES string of the molecule is C=C(CCCCC(=O)C(=C)C)CCc1cc(C)c(C)c(C(C)(C)C)c1. The first-order valence-corrected chi connectivity index (χ1v) is 9.48. The number of ketones is 1. The van der Waals surface area contributed by atoms with E-state index in [0.717, 1.165) is 32.1 Å².